The van der Waals surface area contributed by atoms with Gasteiger partial charge in [-0.15, -0.1) is 0 Å². The Morgan fingerprint density at radius 2 is 2.40 bits per heavy atom. The highest BCUT2D eigenvalue weighted by Crippen LogP contribution is 2.22. The molecule has 78 valence electrons. The third-order valence-electron chi connectivity index (χ3n) is 2.94. The van der Waals surface area contributed by atoms with Gasteiger partial charge in [0.1, 0.15) is 5.82 Å². The second kappa shape index (κ2) is 3.31. The molecule has 0 saturated carbocycles. The molecular formula is C11H12FN3. The Bertz CT molecular complexity index is 486. The summed E-state index contributed by atoms with van der Waals surface area (Å²) >= 11 is 0. The molecule has 0 amide bonds. The second-order valence-electron chi connectivity index (χ2n) is 3.94. The van der Waals surface area contributed by atoms with Gasteiger partial charge in [-0.3, -0.25) is 4.68 Å². The number of halogens is 1. The van der Waals surface area contributed by atoms with Gasteiger partial charge in [-0.2, -0.15) is 5.10 Å². The molecule has 0 bridgehead atoms. The van der Waals surface area contributed by atoms with Crippen LogP contribution in [0.25, 0.3) is 10.9 Å². The minimum Gasteiger partial charge on any atom is -0.315 e. The third-order valence-corrected chi connectivity index (χ3v) is 2.94. The normalized spacial score (nSPS) is 21.3. The van der Waals surface area contributed by atoms with E-state index in [4.69, 9.17) is 0 Å². The van der Waals surface area contributed by atoms with Crippen LogP contribution in [0.15, 0.2) is 24.4 Å². The molecule has 1 saturated heterocycles. The second-order valence-corrected chi connectivity index (χ2v) is 3.94. The van der Waals surface area contributed by atoms with Crippen LogP contribution < -0.4 is 5.32 Å². The standard InChI is InChI=1S/C11H12FN3/c12-9-2-1-8-6-14-15(11(8)5-9)10-3-4-13-7-10/h1-2,5-6,10,13H,3-4,7H2. The number of nitrogens with zero attached hydrogens (tertiary/aromatic N) is 2. The van der Waals surface area contributed by atoms with Gasteiger partial charge < -0.3 is 5.32 Å². The van der Waals surface area contributed by atoms with Crippen LogP contribution in [0.5, 0.6) is 0 Å². The van der Waals surface area contributed by atoms with Gasteiger partial charge in [0.15, 0.2) is 0 Å². The molecule has 1 atom stereocenters. The van der Waals surface area contributed by atoms with Crippen molar-refractivity contribution in [1.29, 1.82) is 0 Å². The van der Waals surface area contributed by atoms with Crippen molar-refractivity contribution in [3.05, 3.63) is 30.2 Å². The van der Waals surface area contributed by atoms with Crippen molar-refractivity contribution in [2.45, 2.75) is 12.5 Å². The van der Waals surface area contributed by atoms with Crippen LogP contribution in [-0.4, -0.2) is 22.9 Å². The van der Waals surface area contributed by atoms with Gasteiger partial charge in [-0.1, -0.05) is 0 Å². The SMILES string of the molecule is Fc1ccc2cnn(C3CCNC3)c2c1. The summed E-state index contributed by atoms with van der Waals surface area (Å²) in [5.41, 5.74) is 0.892. The number of hydrogen-bond acceptors (Lipinski definition) is 2. The lowest BCUT2D eigenvalue weighted by atomic mass is 10.2. The van der Waals surface area contributed by atoms with Crippen molar-refractivity contribution in [1.82, 2.24) is 15.1 Å². The van der Waals surface area contributed by atoms with E-state index in [9.17, 15) is 4.39 Å². The molecule has 1 aromatic heterocycles. The summed E-state index contributed by atoms with van der Waals surface area (Å²) in [6.45, 7) is 1.94. The van der Waals surface area contributed by atoms with E-state index in [0.29, 0.717) is 6.04 Å². The number of fused-ring (bicyclic) bond motifs is 1. The topological polar surface area (TPSA) is 29.9 Å². The first kappa shape index (κ1) is 8.85. The van der Waals surface area contributed by atoms with Crippen LogP contribution in [0, 0.1) is 5.82 Å². The van der Waals surface area contributed by atoms with E-state index in [1.165, 1.54) is 6.07 Å². The molecule has 1 N–H and O–H groups in total. The van der Waals surface area contributed by atoms with Gasteiger partial charge in [0.2, 0.25) is 0 Å². The first-order chi connectivity index (χ1) is 7.34. The van der Waals surface area contributed by atoms with Crippen LogP contribution >= 0.6 is 0 Å². The molecule has 1 aromatic carbocycles. The van der Waals surface area contributed by atoms with E-state index in [1.54, 1.807) is 18.3 Å². The van der Waals surface area contributed by atoms with Crippen molar-refractivity contribution in [3.8, 4) is 0 Å². The van der Waals surface area contributed by atoms with Gasteiger partial charge in [0.05, 0.1) is 17.8 Å². The lowest BCUT2D eigenvalue weighted by Crippen LogP contribution is -2.14. The molecule has 0 aliphatic carbocycles. The van der Waals surface area contributed by atoms with Crippen molar-refractivity contribution < 1.29 is 4.39 Å². The van der Waals surface area contributed by atoms with Crippen LogP contribution in [0.4, 0.5) is 4.39 Å². The Morgan fingerprint density at radius 1 is 1.47 bits per heavy atom. The zero-order chi connectivity index (χ0) is 10.3. The van der Waals surface area contributed by atoms with Gasteiger partial charge in [-0.05, 0) is 31.2 Å². The Morgan fingerprint density at radius 3 is 3.20 bits per heavy atom. The summed E-state index contributed by atoms with van der Waals surface area (Å²) in [5, 5.41) is 8.62. The number of benzene rings is 1. The van der Waals surface area contributed by atoms with Crippen molar-refractivity contribution in [2.24, 2.45) is 0 Å². The van der Waals surface area contributed by atoms with Crippen molar-refractivity contribution in [2.75, 3.05) is 13.1 Å². The van der Waals surface area contributed by atoms with Crippen molar-refractivity contribution in [3.63, 3.8) is 0 Å². The Balaban J connectivity index is 2.13. The van der Waals surface area contributed by atoms with Gasteiger partial charge in [-0.25, -0.2) is 4.39 Å². The number of aromatic nitrogens is 2. The highest BCUT2D eigenvalue weighted by molar-refractivity contribution is 5.78. The fourth-order valence-corrected chi connectivity index (χ4v) is 2.15. The fraction of sp³-hybridized carbons (Fsp3) is 0.364. The molecule has 1 aliphatic rings. The van der Waals surface area contributed by atoms with Crippen molar-refractivity contribution >= 4 is 10.9 Å². The number of hydrogen-bond donors (Lipinski definition) is 1. The summed E-state index contributed by atoms with van der Waals surface area (Å²) in [5.74, 6) is -0.199. The zero-order valence-electron chi connectivity index (χ0n) is 8.28. The van der Waals surface area contributed by atoms with Crippen LogP contribution in [0.1, 0.15) is 12.5 Å². The smallest absolute Gasteiger partial charge is 0.125 e. The fourth-order valence-electron chi connectivity index (χ4n) is 2.15. The molecule has 1 unspecified atom stereocenters. The first-order valence-electron chi connectivity index (χ1n) is 5.18. The first-order valence-corrected chi connectivity index (χ1v) is 5.18. The van der Waals surface area contributed by atoms with Gasteiger partial charge in [0, 0.05) is 11.9 Å². The molecular weight excluding hydrogens is 193 g/mol. The molecule has 3 rings (SSSR count). The number of nitrogens with one attached hydrogen (secondary N) is 1. The number of rotatable bonds is 1. The predicted molar refractivity (Wildman–Crippen MR) is 56.2 cm³/mol. The summed E-state index contributed by atoms with van der Waals surface area (Å²) < 4.78 is 15.1. The zero-order valence-corrected chi connectivity index (χ0v) is 8.28. The van der Waals surface area contributed by atoms with Gasteiger partial charge >= 0.3 is 0 Å². The quantitative estimate of drug-likeness (QED) is 0.768. The average molecular weight is 205 g/mol. The maximum Gasteiger partial charge on any atom is 0.125 e. The molecule has 15 heavy (non-hydrogen) atoms. The summed E-state index contributed by atoms with van der Waals surface area (Å²) in [6.07, 6.45) is 2.86. The van der Waals surface area contributed by atoms with E-state index < -0.39 is 0 Å². The Labute approximate surface area is 86.9 Å². The molecule has 3 nitrogen and oxygen atoms in total. The lowest BCUT2D eigenvalue weighted by molar-refractivity contribution is 0.505. The van der Waals surface area contributed by atoms with Crippen LogP contribution in [-0.2, 0) is 0 Å². The highest BCUT2D eigenvalue weighted by Gasteiger charge is 2.18. The van der Waals surface area contributed by atoms with Crippen LogP contribution in [0.3, 0.4) is 0 Å². The monoisotopic (exact) mass is 205 g/mol. The molecule has 2 aromatic rings. The molecule has 2 heterocycles. The molecule has 1 fully saturated rings. The molecule has 0 radical (unpaired) electrons. The largest absolute Gasteiger partial charge is 0.315 e. The van der Waals surface area contributed by atoms with E-state index in [0.717, 1.165) is 30.4 Å². The predicted octanol–water partition coefficient (Wildman–Crippen LogP) is 1.71. The maximum atomic E-state index is 13.1. The van der Waals surface area contributed by atoms with E-state index in [1.807, 2.05) is 4.68 Å². The lowest BCUT2D eigenvalue weighted by Gasteiger charge is -2.10. The van der Waals surface area contributed by atoms with Crippen LogP contribution in [0.2, 0.25) is 0 Å². The minimum atomic E-state index is -0.199. The van der Waals surface area contributed by atoms with E-state index >= 15 is 0 Å². The summed E-state index contributed by atoms with van der Waals surface area (Å²) in [6, 6.07) is 5.17. The minimum absolute atomic E-state index is 0.199. The molecule has 1 aliphatic heterocycles. The molecule has 0 spiro atoms. The Kier molecular flexibility index (Phi) is 1.95. The Hall–Kier alpha value is -1.42. The summed E-state index contributed by atoms with van der Waals surface area (Å²) in [7, 11) is 0. The average Bonchev–Trinajstić information content (AvgIpc) is 2.83. The molecule has 4 heteroatoms. The van der Waals surface area contributed by atoms with E-state index in [2.05, 4.69) is 10.4 Å². The summed E-state index contributed by atoms with van der Waals surface area (Å²) in [4.78, 5) is 0. The maximum absolute atomic E-state index is 13.1. The van der Waals surface area contributed by atoms with Gasteiger partial charge in [0.25, 0.3) is 0 Å². The highest BCUT2D eigenvalue weighted by atomic mass is 19.1. The van der Waals surface area contributed by atoms with E-state index in [-0.39, 0.29) is 5.82 Å². The third kappa shape index (κ3) is 1.41.